The van der Waals surface area contributed by atoms with E-state index in [1.807, 2.05) is 19.1 Å². The summed E-state index contributed by atoms with van der Waals surface area (Å²) in [6, 6.07) is 8.68. The average Bonchev–Trinajstić information content (AvgIpc) is 2.95. The quantitative estimate of drug-likeness (QED) is 0.807. The van der Waals surface area contributed by atoms with Crippen LogP contribution in [0, 0.1) is 12.8 Å². The van der Waals surface area contributed by atoms with Crippen LogP contribution in [0.4, 0.5) is 5.69 Å². The number of para-hydroxylation sites is 1. The number of aryl methyl sites for hydroxylation is 1. The third kappa shape index (κ3) is 3.08. The number of H-pyrrole nitrogens is 1. The minimum absolute atomic E-state index is 0.449. The molecule has 0 radical (unpaired) electrons. The summed E-state index contributed by atoms with van der Waals surface area (Å²) in [4.78, 5) is 4.44. The van der Waals surface area contributed by atoms with Gasteiger partial charge in [0.1, 0.15) is 5.82 Å². The van der Waals surface area contributed by atoms with Crippen LogP contribution in [-0.4, -0.2) is 27.8 Å². The molecule has 0 amide bonds. The smallest absolute Gasteiger partial charge is 0.183 e. The Bertz CT molecular complexity index is 592. The summed E-state index contributed by atoms with van der Waals surface area (Å²) in [6.45, 7) is 2.66. The van der Waals surface area contributed by atoms with Gasteiger partial charge in [0, 0.05) is 17.3 Å². The average molecular weight is 285 g/mol. The van der Waals surface area contributed by atoms with Gasteiger partial charge >= 0.3 is 0 Å². The van der Waals surface area contributed by atoms with Crippen LogP contribution in [0.1, 0.15) is 31.5 Å². The van der Waals surface area contributed by atoms with Gasteiger partial charge in [0.15, 0.2) is 5.82 Å². The first kappa shape index (κ1) is 14.1. The van der Waals surface area contributed by atoms with E-state index >= 15 is 0 Å². The zero-order valence-corrected chi connectivity index (χ0v) is 12.5. The predicted molar refractivity (Wildman–Crippen MR) is 85.0 cm³/mol. The van der Waals surface area contributed by atoms with Crippen molar-refractivity contribution in [2.24, 2.45) is 11.7 Å². The van der Waals surface area contributed by atoms with Gasteiger partial charge in [-0.15, -0.1) is 0 Å². The van der Waals surface area contributed by atoms with Crippen molar-refractivity contribution < 1.29 is 0 Å². The van der Waals surface area contributed by atoms with Crippen molar-refractivity contribution in [3.8, 4) is 11.4 Å². The lowest BCUT2D eigenvalue weighted by atomic mass is 9.84. The largest absolute Gasteiger partial charge is 0.381 e. The Morgan fingerprint density at radius 3 is 2.86 bits per heavy atom. The van der Waals surface area contributed by atoms with Gasteiger partial charge in [0.25, 0.3) is 0 Å². The fourth-order valence-electron chi connectivity index (χ4n) is 3.15. The molecule has 1 saturated carbocycles. The minimum atomic E-state index is 0.449. The van der Waals surface area contributed by atoms with Crippen LogP contribution >= 0.6 is 0 Å². The normalized spacial score (nSPS) is 22.2. The number of hydrogen-bond donors (Lipinski definition) is 3. The molecule has 2 unspecified atom stereocenters. The molecule has 3 rings (SSSR count). The summed E-state index contributed by atoms with van der Waals surface area (Å²) < 4.78 is 0. The molecule has 1 aromatic carbocycles. The Labute approximate surface area is 125 Å². The van der Waals surface area contributed by atoms with E-state index in [1.165, 1.54) is 25.7 Å². The third-order valence-electron chi connectivity index (χ3n) is 4.32. The Hall–Kier alpha value is -1.88. The van der Waals surface area contributed by atoms with E-state index in [1.54, 1.807) is 0 Å². The van der Waals surface area contributed by atoms with E-state index in [2.05, 4.69) is 32.6 Å². The lowest BCUT2D eigenvalue weighted by molar-refractivity contribution is 0.333. The molecule has 1 aliphatic rings. The first-order chi connectivity index (χ1) is 10.3. The molecule has 112 valence electrons. The molecular formula is C16H23N5. The van der Waals surface area contributed by atoms with Crippen molar-refractivity contribution in [3.63, 3.8) is 0 Å². The molecule has 1 heterocycles. The highest BCUT2D eigenvalue weighted by Gasteiger charge is 2.24. The van der Waals surface area contributed by atoms with Crippen molar-refractivity contribution in [1.29, 1.82) is 0 Å². The molecule has 2 atom stereocenters. The van der Waals surface area contributed by atoms with Crippen molar-refractivity contribution in [2.75, 3.05) is 11.9 Å². The lowest BCUT2D eigenvalue weighted by Crippen LogP contribution is -2.36. The van der Waals surface area contributed by atoms with E-state index in [-0.39, 0.29) is 0 Å². The number of hydrogen-bond acceptors (Lipinski definition) is 4. The maximum atomic E-state index is 5.93. The molecule has 4 N–H and O–H groups in total. The number of nitrogens with two attached hydrogens (primary N) is 1. The molecule has 0 spiro atoms. The van der Waals surface area contributed by atoms with Crippen LogP contribution in [0.3, 0.4) is 0 Å². The second kappa shape index (κ2) is 6.26. The summed E-state index contributed by atoms with van der Waals surface area (Å²) >= 11 is 0. The number of nitrogens with zero attached hydrogens (tertiary/aromatic N) is 2. The molecule has 2 aromatic rings. The van der Waals surface area contributed by atoms with E-state index in [0.29, 0.717) is 12.0 Å². The number of aromatic amines is 1. The van der Waals surface area contributed by atoms with Crippen molar-refractivity contribution >= 4 is 5.69 Å². The highest BCUT2D eigenvalue weighted by atomic mass is 15.2. The molecule has 21 heavy (non-hydrogen) atoms. The zero-order chi connectivity index (χ0) is 14.7. The van der Waals surface area contributed by atoms with Gasteiger partial charge in [0.05, 0.1) is 0 Å². The van der Waals surface area contributed by atoms with Gasteiger partial charge in [-0.3, -0.25) is 5.10 Å². The predicted octanol–water partition coefficient (Wildman–Crippen LogP) is 2.71. The summed E-state index contributed by atoms with van der Waals surface area (Å²) in [5.41, 5.74) is 8.07. The van der Waals surface area contributed by atoms with E-state index in [4.69, 9.17) is 5.73 Å². The molecule has 1 aliphatic carbocycles. The molecule has 0 saturated heterocycles. The molecule has 0 aliphatic heterocycles. The SMILES string of the molecule is Cc1nc(-c2ccccc2NC2CCCCC2CN)n[nH]1. The number of benzene rings is 1. The second-order valence-corrected chi connectivity index (χ2v) is 5.82. The second-order valence-electron chi connectivity index (χ2n) is 5.82. The Kier molecular flexibility index (Phi) is 4.20. The maximum Gasteiger partial charge on any atom is 0.183 e. The fourth-order valence-corrected chi connectivity index (χ4v) is 3.15. The molecular weight excluding hydrogens is 262 g/mol. The zero-order valence-electron chi connectivity index (χ0n) is 12.5. The van der Waals surface area contributed by atoms with Crippen LogP contribution in [0.15, 0.2) is 24.3 Å². The maximum absolute atomic E-state index is 5.93. The Morgan fingerprint density at radius 2 is 2.10 bits per heavy atom. The van der Waals surface area contributed by atoms with Gasteiger partial charge in [-0.2, -0.15) is 5.10 Å². The van der Waals surface area contributed by atoms with Crippen LogP contribution in [0.25, 0.3) is 11.4 Å². The first-order valence-electron chi connectivity index (χ1n) is 7.73. The standard InChI is InChI=1S/C16H23N5/c1-11-18-16(21-20-11)13-7-3-5-9-15(13)19-14-8-4-2-6-12(14)10-17/h3,5,7,9,12,14,19H,2,4,6,8,10,17H2,1H3,(H,18,20,21). The first-order valence-corrected chi connectivity index (χ1v) is 7.73. The van der Waals surface area contributed by atoms with Gasteiger partial charge in [-0.05, 0) is 44.4 Å². The van der Waals surface area contributed by atoms with Crippen LogP contribution in [0.5, 0.6) is 0 Å². The van der Waals surface area contributed by atoms with Crippen LogP contribution in [0.2, 0.25) is 0 Å². The summed E-state index contributed by atoms with van der Waals surface area (Å²) in [5, 5.41) is 10.9. The number of aromatic nitrogens is 3. The van der Waals surface area contributed by atoms with Crippen molar-refractivity contribution in [3.05, 3.63) is 30.1 Å². The van der Waals surface area contributed by atoms with Crippen molar-refractivity contribution in [2.45, 2.75) is 38.6 Å². The summed E-state index contributed by atoms with van der Waals surface area (Å²) in [6.07, 6.45) is 4.97. The molecule has 1 aromatic heterocycles. The number of nitrogens with one attached hydrogen (secondary N) is 2. The molecule has 1 fully saturated rings. The van der Waals surface area contributed by atoms with Gasteiger partial charge in [-0.25, -0.2) is 4.98 Å². The summed E-state index contributed by atoms with van der Waals surface area (Å²) in [5.74, 6) is 2.13. The molecule has 0 bridgehead atoms. The lowest BCUT2D eigenvalue weighted by Gasteiger charge is -2.32. The molecule has 5 heteroatoms. The van der Waals surface area contributed by atoms with E-state index < -0.39 is 0 Å². The van der Waals surface area contributed by atoms with E-state index in [9.17, 15) is 0 Å². The fraction of sp³-hybridized carbons (Fsp3) is 0.500. The Morgan fingerprint density at radius 1 is 1.29 bits per heavy atom. The molecule has 5 nitrogen and oxygen atoms in total. The highest BCUT2D eigenvalue weighted by molar-refractivity contribution is 5.73. The van der Waals surface area contributed by atoms with Crippen molar-refractivity contribution in [1.82, 2.24) is 15.2 Å². The van der Waals surface area contributed by atoms with Crippen LogP contribution < -0.4 is 11.1 Å². The van der Waals surface area contributed by atoms with E-state index in [0.717, 1.165) is 29.4 Å². The highest BCUT2D eigenvalue weighted by Crippen LogP contribution is 2.30. The third-order valence-corrected chi connectivity index (χ3v) is 4.32. The summed E-state index contributed by atoms with van der Waals surface area (Å²) in [7, 11) is 0. The number of rotatable bonds is 4. The van der Waals surface area contributed by atoms with Crippen LogP contribution in [-0.2, 0) is 0 Å². The monoisotopic (exact) mass is 285 g/mol. The van der Waals surface area contributed by atoms with Gasteiger partial charge in [-0.1, -0.05) is 25.0 Å². The Balaban J connectivity index is 1.85. The number of anilines is 1. The minimum Gasteiger partial charge on any atom is -0.381 e. The topological polar surface area (TPSA) is 79.6 Å². The van der Waals surface area contributed by atoms with Gasteiger partial charge in [0.2, 0.25) is 0 Å². The van der Waals surface area contributed by atoms with Gasteiger partial charge < -0.3 is 11.1 Å².